The molecule has 2 rings (SSSR count). The zero-order valence-corrected chi connectivity index (χ0v) is 20.7. The summed E-state index contributed by atoms with van der Waals surface area (Å²) in [5.74, 6) is -0.965. The average molecular weight is 530 g/mol. The van der Waals surface area contributed by atoms with E-state index >= 15 is 0 Å². The zero-order valence-electron chi connectivity index (χ0n) is 18.3. The number of hydrogen-bond donors (Lipinski definition) is 2. The molecule has 1 aliphatic heterocycles. The van der Waals surface area contributed by atoms with Crippen molar-refractivity contribution in [2.24, 2.45) is 0 Å². The summed E-state index contributed by atoms with van der Waals surface area (Å²) in [7, 11) is 1.56. The molecule has 11 heteroatoms. The lowest BCUT2D eigenvalue weighted by molar-refractivity contribution is -0.151. The number of esters is 1. The van der Waals surface area contributed by atoms with E-state index in [-0.39, 0.29) is 35.7 Å². The smallest absolute Gasteiger partial charge is 0.308 e. The molecule has 1 aliphatic rings. The van der Waals surface area contributed by atoms with Crippen molar-refractivity contribution in [3.63, 3.8) is 0 Å². The van der Waals surface area contributed by atoms with Crippen molar-refractivity contribution in [3.8, 4) is 5.75 Å². The minimum absolute atomic E-state index is 0.0500. The first-order valence-electron chi connectivity index (χ1n) is 10.3. The van der Waals surface area contributed by atoms with Crippen LogP contribution in [-0.2, 0) is 19.1 Å². The van der Waals surface area contributed by atoms with Crippen molar-refractivity contribution in [3.05, 3.63) is 28.2 Å². The monoisotopic (exact) mass is 529 g/mol. The van der Waals surface area contributed by atoms with Gasteiger partial charge in [0.2, 0.25) is 5.91 Å². The van der Waals surface area contributed by atoms with Crippen LogP contribution in [0.3, 0.4) is 0 Å². The van der Waals surface area contributed by atoms with E-state index in [0.29, 0.717) is 36.3 Å². The fourth-order valence-corrected chi connectivity index (χ4v) is 3.62. The largest absolute Gasteiger partial charge is 0.490 e. The number of carbonyl (C=O) groups excluding carboxylic acids is 3. The molecule has 0 radical (unpaired) electrons. The van der Waals surface area contributed by atoms with Gasteiger partial charge in [0.05, 0.1) is 24.7 Å². The lowest BCUT2D eigenvalue weighted by Gasteiger charge is -2.36. The molecule has 2 atom stereocenters. The van der Waals surface area contributed by atoms with Crippen molar-refractivity contribution in [2.75, 3.05) is 33.4 Å². The minimum Gasteiger partial charge on any atom is -0.490 e. The third-order valence-electron chi connectivity index (χ3n) is 4.81. The van der Waals surface area contributed by atoms with Crippen LogP contribution >= 0.6 is 28.1 Å². The highest BCUT2D eigenvalue weighted by molar-refractivity contribution is 9.10. The molecule has 1 fully saturated rings. The molecule has 0 saturated carbocycles. The molecule has 2 N–H and O–H groups in total. The second-order valence-electron chi connectivity index (χ2n) is 7.15. The van der Waals surface area contributed by atoms with Gasteiger partial charge in [0.25, 0.3) is 5.91 Å². The van der Waals surface area contributed by atoms with Crippen molar-refractivity contribution in [2.45, 2.75) is 38.8 Å². The highest BCUT2D eigenvalue weighted by Gasteiger charge is 2.34. The first-order chi connectivity index (χ1) is 15.3. The van der Waals surface area contributed by atoms with Crippen molar-refractivity contribution in [1.82, 2.24) is 15.5 Å². The van der Waals surface area contributed by atoms with E-state index in [1.54, 1.807) is 32.2 Å². The number of ether oxygens (including phenoxy) is 3. The van der Waals surface area contributed by atoms with Gasteiger partial charge >= 0.3 is 5.97 Å². The number of methoxy groups -OCH3 is 1. The highest BCUT2D eigenvalue weighted by Crippen LogP contribution is 2.23. The second-order valence-corrected chi connectivity index (χ2v) is 8.46. The number of piperazine rings is 1. The van der Waals surface area contributed by atoms with Crippen LogP contribution < -0.4 is 15.4 Å². The molecule has 9 nitrogen and oxygen atoms in total. The van der Waals surface area contributed by atoms with Crippen molar-refractivity contribution in [1.29, 1.82) is 0 Å². The van der Waals surface area contributed by atoms with E-state index in [0.717, 1.165) is 0 Å². The normalized spacial score (nSPS) is 16.7. The maximum absolute atomic E-state index is 12.9. The third-order valence-corrected chi connectivity index (χ3v) is 5.64. The van der Waals surface area contributed by atoms with Crippen LogP contribution in [0.4, 0.5) is 0 Å². The van der Waals surface area contributed by atoms with Gasteiger partial charge in [-0.25, -0.2) is 0 Å². The van der Waals surface area contributed by atoms with E-state index in [1.165, 1.54) is 4.90 Å². The van der Waals surface area contributed by atoms with Gasteiger partial charge in [-0.1, -0.05) is 22.9 Å². The Hall–Kier alpha value is -2.24. The number of amides is 2. The lowest BCUT2D eigenvalue weighted by atomic mass is 10.1. The van der Waals surface area contributed by atoms with E-state index in [1.807, 2.05) is 6.92 Å². The molecule has 0 bridgehead atoms. The molecule has 1 saturated heterocycles. The van der Waals surface area contributed by atoms with Gasteiger partial charge in [-0.15, -0.1) is 0 Å². The molecular weight excluding hydrogens is 502 g/mol. The lowest BCUT2D eigenvalue weighted by Crippen LogP contribution is -2.60. The molecular formula is C21H28BrN3O6S. The van der Waals surface area contributed by atoms with E-state index < -0.39 is 17.9 Å². The summed E-state index contributed by atoms with van der Waals surface area (Å²) in [5, 5.41) is 5.43. The summed E-state index contributed by atoms with van der Waals surface area (Å²) in [4.78, 5) is 39.2. The predicted molar refractivity (Wildman–Crippen MR) is 126 cm³/mol. The molecule has 32 heavy (non-hydrogen) atoms. The quantitative estimate of drug-likeness (QED) is 0.284. The van der Waals surface area contributed by atoms with Gasteiger partial charge in [0.15, 0.2) is 5.11 Å². The Balaban J connectivity index is 2.12. The zero-order chi connectivity index (χ0) is 23.7. The summed E-state index contributed by atoms with van der Waals surface area (Å²) < 4.78 is 16.6. The Morgan fingerprint density at radius 2 is 2.12 bits per heavy atom. The summed E-state index contributed by atoms with van der Waals surface area (Å²) in [5.41, 5.74) is 0.270. The molecule has 0 aromatic heterocycles. The molecule has 0 aliphatic carbocycles. The Labute approximate surface area is 201 Å². The van der Waals surface area contributed by atoms with E-state index in [2.05, 4.69) is 26.6 Å². The van der Waals surface area contributed by atoms with Gasteiger partial charge in [-0.05, 0) is 43.8 Å². The predicted octanol–water partition coefficient (Wildman–Crippen LogP) is 2.02. The number of hydrogen-bond acceptors (Lipinski definition) is 7. The van der Waals surface area contributed by atoms with Gasteiger partial charge in [-0.2, -0.15) is 0 Å². The minimum atomic E-state index is -0.868. The SMILES string of the molecule is CCC(C)OC(=O)CC1C(=O)NCCN1C(=S)NC(=O)c1cc(Br)ccc1OCCOC. The Morgan fingerprint density at radius 1 is 1.38 bits per heavy atom. The molecule has 1 aromatic rings. The van der Waals surface area contributed by atoms with E-state index in [4.69, 9.17) is 26.4 Å². The number of benzene rings is 1. The number of nitrogens with one attached hydrogen (secondary N) is 2. The maximum Gasteiger partial charge on any atom is 0.308 e. The molecule has 1 heterocycles. The number of thiocarbonyl (C=S) groups is 1. The summed E-state index contributed by atoms with van der Waals surface area (Å²) >= 11 is 8.77. The summed E-state index contributed by atoms with van der Waals surface area (Å²) in [6, 6.07) is 4.17. The topological polar surface area (TPSA) is 106 Å². The van der Waals surface area contributed by atoms with Crippen molar-refractivity contribution >= 4 is 51.0 Å². The second kappa shape index (κ2) is 12.7. The number of nitrogens with zero attached hydrogens (tertiary/aromatic N) is 1. The Kier molecular flexibility index (Phi) is 10.3. The van der Waals surface area contributed by atoms with E-state index in [9.17, 15) is 14.4 Å². The first kappa shape index (κ1) is 26.0. The Morgan fingerprint density at radius 3 is 2.81 bits per heavy atom. The number of rotatable bonds is 9. The first-order valence-corrected chi connectivity index (χ1v) is 11.5. The molecule has 176 valence electrons. The van der Waals surface area contributed by atoms with Crippen LogP contribution in [0.1, 0.15) is 37.0 Å². The summed E-state index contributed by atoms with van der Waals surface area (Å²) in [6.07, 6.45) is 0.249. The van der Waals surface area contributed by atoms with Gasteiger partial charge in [-0.3, -0.25) is 19.7 Å². The Bertz CT molecular complexity index is 853. The standard InChI is InChI=1S/C21H28BrN3O6S/c1-4-13(2)31-18(26)12-16-20(28)23-7-8-25(16)21(32)24-19(27)15-11-14(22)5-6-17(15)30-10-9-29-3/h5-6,11,13,16H,4,7-10,12H2,1-3H3,(H,23,28)(H,24,27,32). The third kappa shape index (κ3) is 7.42. The van der Waals surface area contributed by atoms with Gasteiger partial charge in [0, 0.05) is 24.7 Å². The fraction of sp³-hybridized carbons (Fsp3) is 0.524. The molecule has 1 aromatic carbocycles. The van der Waals surface area contributed by atoms with Crippen LogP contribution in [0.15, 0.2) is 22.7 Å². The van der Waals surface area contributed by atoms with Gasteiger partial charge in [0.1, 0.15) is 18.4 Å². The number of carbonyl (C=O) groups is 3. The van der Waals surface area contributed by atoms with Crippen LogP contribution in [0.25, 0.3) is 0 Å². The number of halogens is 1. The van der Waals surface area contributed by atoms with Crippen molar-refractivity contribution < 1.29 is 28.6 Å². The van der Waals surface area contributed by atoms with Crippen LogP contribution in [0.2, 0.25) is 0 Å². The fourth-order valence-electron chi connectivity index (χ4n) is 2.95. The highest BCUT2D eigenvalue weighted by atomic mass is 79.9. The summed E-state index contributed by atoms with van der Waals surface area (Å²) in [6.45, 7) is 5.02. The molecule has 2 amide bonds. The van der Waals surface area contributed by atoms with Crippen LogP contribution in [-0.4, -0.2) is 73.4 Å². The molecule has 0 spiro atoms. The van der Waals surface area contributed by atoms with Crippen LogP contribution in [0, 0.1) is 0 Å². The average Bonchev–Trinajstić information content (AvgIpc) is 2.75. The maximum atomic E-state index is 12.9. The molecule has 2 unspecified atom stereocenters. The van der Waals surface area contributed by atoms with Crippen LogP contribution in [0.5, 0.6) is 5.75 Å². The van der Waals surface area contributed by atoms with Gasteiger partial charge < -0.3 is 24.4 Å².